The molecule has 0 spiro atoms. The van der Waals surface area contributed by atoms with Gasteiger partial charge >= 0.3 is 123 Å². The van der Waals surface area contributed by atoms with Crippen molar-refractivity contribution in [2.24, 2.45) is 22.9 Å². The standard InChI is InChI=1S/2C3H8NO.2C3H8N.O.Ti/c2*4-2-1-3-5;2*1-2-3-4;;/h2*1-4H2;2*1-4H2;;/q2*-1;;;;+2. The summed E-state index contributed by atoms with van der Waals surface area (Å²) in [5.74, 6) is 0. The van der Waals surface area contributed by atoms with E-state index in [2.05, 4.69) is 0 Å². The van der Waals surface area contributed by atoms with Crippen LogP contribution < -0.4 is 22.9 Å². The van der Waals surface area contributed by atoms with Gasteiger partial charge in [-0.25, -0.2) is 0 Å². The number of hydrogen-bond acceptors (Lipinski definition) is 7. The van der Waals surface area contributed by atoms with Gasteiger partial charge < -0.3 is 0 Å². The molecule has 0 aromatic carbocycles. The van der Waals surface area contributed by atoms with E-state index in [0.29, 0.717) is 74.5 Å². The molecule has 0 aliphatic carbocycles. The Labute approximate surface area is 123 Å². The molecular weight excluding hydrogens is 296 g/mol. The second-order valence-electron chi connectivity index (χ2n) is 5.13. The molecule has 0 rings (SSSR count). The van der Waals surface area contributed by atoms with Crippen molar-refractivity contribution in [3.63, 3.8) is 0 Å². The van der Waals surface area contributed by atoms with Crippen LogP contribution in [0.3, 0.4) is 0 Å². The summed E-state index contributed by atoms with van der Waals surface area (Å²) < 4.78 is 25.9. The summed E-state index contributed by atoms with van der Waals surface area (Å²) in [5.41, 5.74) is 22.0. The molecule has 122 valence electrons. The van der Waals surface area contributed by atoms with Crippen LogP contribution in [0.5, 0.6) is 0 Å². The van der Waals surface area contributed by atoms with Crippen molar-refractivity contribution in [3.8, 4) is 0 Å². The van der Waals surface area contributed by atoms with Gasteiger partial charge in [-0.2, -0.15) is 0 Å². The first-order valence-electron chi connectivity index (χ1n) is 7.53. The average molecular weight is 328 g/mol. The minimum atomic E-state index is -4.69. The first-order chi connectivity index (χ1) is 9.54. The summed E-state index contributed by atoms with van der Waals surface area (Å²) in [6.07, 6.45) is 2.56. The van der Waals surface area contributed by atoms with Gasteiger partial charge in [-0.1, -0.05) is 0 Å². The van der Waals surface area contributed by atoms with Crippen LogP contribution in [0.1, 0.15) is 25.7 Å². The normalized spacial score (nSPS) is 12.8. The van der Waals surface area contributed by atoms with Crippen LogP contribution in [0.15, 0.2) is 0 Å². The summed E-state index contributed by atoms with van der Waals surface area (Å²) in [7, 11) is 0. The Bertz CT molecular complexity index is 274. The molecule has 8 heteroatoms. The number of hydrogen-bond donors (Lipinski definition) is 4. The zero-order valence-electron chi connectivity index (χ0n) is 12.5. The quantitative estimate of drug-likeness (QED) is 0.262. The van der Waals surface area contributed by atoms with E-state index in [1.807, 2.05) is 0 Å². The summed E-state index contributed by atoms with van der Waals surface area (Å²) in [4.78, 5) is 0. The van der Waals surface area contributed by atoms with Crippen LogP contribution in [0, 0.1) is 0 Å². The molecule has 0 unspecified atom stereocenters. The summed E-state index contributed by atoms with van der Waals surface area (Å²) in [6.45, 7) is 2.64. The molecule has 0 heterocycles. The third-order valence-electron chi connectivity index (χ3n) is 3.27. The third-order valence-corrected chi connectivity index (χ3v) is 10.0. The number of rotatable bonds is 14. The van der Waals surface area contributed by atoms with Crippen LogP contribution in [0.2, 0.25) is 9.45 Å². The first kappa shape index (κ1) is 20.3. The van der Waals surface area contributed by atoms with Gasteiger partial charge in [0.1, 0.15) is 0 Å². The Balaban J connectivity index is 4.89. The molecular formula is C12H32N4O3Ti. The molecule has 0 aromatic heterocycles. The molecule has 0 saturated heterocycles. The molecule has 0 fully saturated rings. The Morgan fingerprint density at radius 3 is 1.30 bits per heavy atom. The van der Waals surface area contributed by atoms with E-state index in [9.17, 15) is 3.32 Å². The van der Waals surface area contributed by atoms with Gasteiger partial charge in [0.05, 0.1) is 0 Å². The van der Waals surface area contributed by atoms with Crippen LogP contribution in [0.25, 0.3) is 0 Å². The monoisotopic (exact) mass is 328 g/mol. The fraction of sp³-hybridized carbons (Fsp3) is 1.00. The zero-order valence-corrected chi connectivity index (χ0v) is 14.1. The fourth-order valence-electron chi connectivity index (χ4n) is 2.11. The molecule has 0 amide bonds. The topological polar surface area (TPSA) is 140 Å². The second-order valence-corrected chi connectivity index (χ2v) is 11.9. The van der Waals surface area contributed by atoms with Crippen molar-refractivity contribution in [1.82, 2.24) is 0 Å². The predicted octanol–water partition coefficient (Wildman–Crippen LogP) is 0.117. The van der Waals surface area contributed by atoms with Gasteiger partial charge in [0, 0.05) is 0 Å². The van der Waals surface area contributed by atoms with E-state index in [4.69, 9.17) is 29.6 Å². The SMILES string of the molecule is NCCC[O][Ti](=[O])([CH2]CCN)([CH2]CCN)[O]CCCN. The molecule has 0 aliphatic heterocycles. The van der Waals surface area contributed by atoms with E-state index in [1.165, 1.54) is 0 Å². The molecule has 0 aliphatic rings. The van der Waals surface area contributed by atoms with Crippen molar-refractivity contribution in [1.29, 1.82) is 0 Å². The Morgan fingerprint density at radius 1 is 0.650 bits per heavy atom. The van der Waals surface area contributed by atoms with Gasteiger partial charge in [0.15, 0.2) is 0 Å². The van der Waals surface area contributed by atoms with E-state index < -0.39 is 16.1 Å². The van der Waals surface area contributed by atoms with Crippen molar-refractivity contribution < 1.29 is 26.0 Å². The van der Waals surface area contributed by atoms with Gasteiger partial charge in [0.25, 0.3) is 0 Å². The van der Waals surface area contributed by atoms with Gasteiger partial charge in [-0.05, 0) is 0 Å². The minimum absolute atomic E-state index is 0.356. The van der Waals surface area contributed by atoms with Crippen LogP contribution in [-0.2, 0) is 26.0 Å². The maximum absolute atomic E-state index is 13.5. The second kappa shape index (κ2) is 10.9. The van der Waals surface area contributed by atoms with Crippen LogP contribution in [-0.4, -0.2) is 39.4 Å². The van der Waals surface area contributed by atoms with Gasteiger partial charge in [0.2, 0.25) is 0 Å². The van der Waals surface area contributed by atoms with Crippen LogP contribution in [0.4, 0.5) is 0 Å². The van der Waals surface area contributed by atoms with E-state index in [-0.39, 0.29) is 0 Å². The van der Waals surface area contributed by atoms with Crippen molar-refractivity contribution >= 4 is 0 Å². The zero-order chi connectivity index (χ0) is 15.3. The fourth-order valence-corrected chi connectivity index (χ4v) is 8.17. The summed E-state index contributed by atoms with van der Waals surface area (Å²) in [5, 5.41) is 0. The molecule has 0 saturated carbocycles. The van der Waals surface area contributed by atoms with E-state index in [1.54, 1.807) is 0 Å². The van der Waals surface area contributed by atoms with E-state index in [0.717, 1.165) is 0 Å². The third kappa shape index (κ3) is 7.90. The average Bonchev–Trinajstić information content (AvgIpc) is 2.44. The molecule has 0 aromatic rings. The molecule has 0 bridgehead atoms. The Kier molecular flexibility index (Phi) is 11.1. The molecule has 20 heavy (non-hydrogen) atoms. The molecule has 0 atom stereocenters. The van der Waals surface area contributed by atoms with Crippen molar-refractivity contribution in [3.05, 3.63) is 0 Å². The maximum atomic E-state index is 13.5. The predicted molar refractivity (Wildman–Crippen MR) is 76.9 cm³/mol. The van der Waals surface area contributed by atoms with Crippen molar-refractivity contribution in [2.45, 2.75) is 35.1 Å². The molecule has 8 N–H and O–H groups in total. The van der Waals surface area contributed by atoms with Gasteiger partial charge in [-0.3, -0.25) is 0 Å². The van der Waals surface area contributed by atoms with E-state index >= 15 is 0 Å². The Morgan fingerprint density at radius 2 is 1.00 bits per heavy atom. The first-order valence-corrected chi connectivity index (χ1v) is 11.7. The number of nitrogens with two attached hydrogens (primary N) is 4. The summed E-state index contributed by atoms with van der Waals surface area (Å²) >= 11 is -4.69. The van der Waals surface area contributed by atoms with Crippen molar-refractivity contribution in [2.75, 3.05) is 39.4 Å². The molecule has 7 nitrogen and oxygen atoms in total. The molecule has 0 radical (unpaired) electrons. The summed E-state index contributed by atoms with van der Waals surface area (Å²) in [6, 6.07) is 0. The Hall–Kier alpha value is 0.274. The van der Waals surface area contributed by atoms with Crippen LogP contribution >= 0.6 is 0 Å². The van der Waals surface area contributed by atoms with Gasteiger partial charge in [-0.15, -0.1) is 0 Å².